The molecule has 2 aromatic carbocycles. The number of aliphatic hydroxyl groups is 1. The maximum atomic E-state index is 13.4. The number of phenols is 1. The van der Waals surface area contributed by atoms with Gasteiger partial charge in [0.15, 0.2) is 6.61 Å². The van der Waals surface area contributed by atoms with Crippen molar-refractivity contribution in [3.63, 3.8) is 0 Å². The minimum Gasteiger partial charge on any atom is -0.508 e. The Morgan fingerprint density at radius 3 is 2.54 bits per heavy atom. The SMILES string of the molecule is C[N+](C)(CCc1cc(F)cc(F)c1)CC(O)c1cc(O)cc2c1OCC(=O)N2. The Labute approximate surface area is 161 Å². The Morgan fingerprint density at radius 2 is 1.86 bits per heavy atom. The third kappa shape index (κ3) is 4.76. The second kappa shape index (κ2) is 7.73. The van der Waals surface area contributed by atoms with Gasteiger partial charge < -0.3 is 24.7 Å². The van der Waals surface area contributed by atoms with Crippen LogP contribution in [0.2, 0.25) is 0 Å². The summed E-state index contributed by atoms with van der Waals surface area (Å²) in [5, 5.41) is 23.3. The van der Waals surface area contributed by atoms with Crippen molar-refractivity contribution in [2.75, 3.05) is 39.1 Å². The lowest BCUT2D eigenvalue weighted by atomic mass is 10.0. The van der Waals surface area contributed by atoms with Gasteiger partial charge in [0.2, 0.25) is 0 Å². The zero-order chi connectivity index (χ0) is 20.5. The molecule has 1 amide bonds. The Hall–Kier alpha value is -2.71. The molecule has 1 unspecified atom stereocenters. The predicted molar refractivity (Wildman–Crippen MR) is 99.1 cm³/mol. The van der Waals surface area contributed by atoms with E-state index in [1.165, 1.54) is 24.3 Å². The van der Waals surface area contributed by atoms with Gasteiger partial charge in [-0.25, -0.2) is 8.78 Å². The number of quaternary nitrogens is 1. The van der Waals surface area contributed by atoms with Crippen molar-refractivity contribution >= 4 is 11.6 Å². The fourth-order valence-electron chi connectivity index (χ4n) is 3.31. The normalized spacial score (nSPS) is 14.8. The number of hydrogen-bond acceptors (Lipinski definition) is 4. The van der Waals surface area contributed by atoms with Crippen molar-refractivity contribution in [2.24, 2.45) is 0 Å². The van der Waals surface area contributed by atoms with Gasteiger partial charge in [0.05, 0.1) is 26.3 Å². The molecule has 0 aromatic heterocycles. The van der Waals surface area contributed by atoms with Crippen LogP contribution >= 0.6 is 0 Å². The fraction of sp³-hybridized carbons (Fsp3) is 0.350. The van der Waals surface area contributed by atoms with Crippen LogP contribution in [0.25, 0.3) is 0 Å². The molecule has 0 bridgehead atoms. The highest BCUT2D eigenvalue weighted by Crippen LogP contribution is 2.39. The maximum Gasteiger partial charge on any atom is 0.262 e. The minimum atomic E-state index is -0.977. The average molecular weight is 393 g/mol. The average Bonchev–Trinajstić information content (AvgIpc) is 2.57. The van der Waals surface area contributed by atoms with Crippen LogP contribution in [0.15, 0.2) is 30.3 Å². The van der Waals surface area contributed by atoms with Crippen molar-refractivity contribution in [3.05, 3.63) is 53.1 Å². The first-order valence-corrected chi connectivity index (χ1v) is 8.87. The summed E-state index contributed by atoms with van der Waals surface area (Å²) in [5.41, 5.74) is 1.22. The number of phenolic OH excluding ortho intramolecular Hbond substituents is 1. The number of nitrogens with zero attached hydrogens (tertiary/aromatic N) is 1. The van der Waals surface area contributed by atoms with E-state index >= 15 is 0 Å². The van der Waals surface area contributed by atoms with E-state index in [-0.39, 0.29) is 24.8 Å². The second-order valence-electron chi connectivity index (χ2n) is 7.63. The number of aromatic hydroxyl groups is 1. The van der Waals surface area contributed by atoms with Gasteiger partial charge in [-0.15, -0.1) is 0 Å². The Kier molecular flexibility index (Phi) is 5.53. The molecule has 1 heterocycles. The number of halogens is 2. The first kappa shape index (κ1) is 20.0. The summed E-state index contributed by atoms with van der Waals surface area (Å²) >= 11 is 0. The van der Waals surface area contributed by atoms with E-state index in [1.807, 2.05) is 14.1 Å². The molecular formula is C20H23F2N2O4+. The number of fused-ring (bicyclic) bond motifs is 1. The molecule has 3 N–H and O–H groups in total. The molecule has 3 rings (SSSR count). The lowest BCUT2D eigenvalue weighted by Gasteiger charge is -2.33. The van der Waals surface area contributed by atoms with Gasteiger partial charge in [-0.1, -0.05) is 0 Å². The number of anilines is 1. The van der Waals surface area contributed by atoms with E-state index in [2.05, 4.69) is 5.32 Å². The summed E-state index contributed by atoms with van der Waals surface area (Å²) in [7, 11) is 3.77. The maximum absolute atomic E-state index is 13.4. The van der Waals surface area contributed by atoms with Crippen molar-refractivity contribution in [1.82, 2.24) is 0 Å². The molecule has 0 aliphatic carbocycles. The van der Waals surface area contributed by atoms with Gasteiger partial charge in [-0.3, -0.25) is 4.79 Å². The number of aliphatic hydroxyl groups excluding tert-OH is 1. The number of likely N-dealkylation sites (N-methyl/N-ethyl adjacent to an activating group) is 1. The summed E-state index contributed by atoms with van der Waals surface area (Å²) in [4.78, 5) is 11.5. The molecular weight excluding hydrogens is 370 g/mol. The number of carbonyl (C=O) groups is 1. The smallest absolute Gasteiger partial charge is 0.262 e. The summed E-state index contributed by atoms with van der Waals surface area (Å²) in [6.45, 7) is 0.629. The predicted octanol–water partition coefficient (Wildman–Crippen LogP) is 2.35. The van der Waals surface area contributed by atoms with Crippen molar-refractivity contribution in [2.45, 2.75) is 12.5 Å². The third-order valence-corrected chi connectivity index (χ3v) is 4.68. The molecule has 6 nitrogen and oxygen atoms in total. The quantitative estimate of drug-likeness (QED) is 0.659. The zero-order valence-electron chi connectivity index (χ0n) is 15.7. The highest BCUT2D eigenvalue weighted by atomic mass is 19.1. The standard InChI is InChI=1S/C20H22F2N2O4/c1-24(2,4-3-12-5-13(21)7-14(22)6-12)10-18(26)16-8-15(25)9-17-20(16)28-11-19(27)23-17/h5-9,18,26H,3-4,10-11H2,1-2H3,(H-,23,25,27)/p+1. The van der Waals surface area contributed by atoms with E-state index in [0.29, 0.717) is 40.0 Å². The van der Waals surface area contributed by atoms with Gasteiger partial charge in [0.25, 0.3) is 5.91 Å². The fourth-order valence-corrected chi connectivity index (χ4v) is 3.31. The summed E-state index contributed by atoms with van der Waals surface area (Å²) in [6.07, 6.45) is -0.547. The van der Waals surface area contributed by atoms with Crippen LogP contribution in [-0.2, 0) is 11.2 Å². The highest BCUT2D eigenvalue weighted by molar-refractivity contribution is 5.96. The Balaban J connectivity index is 1.72. The lowest BCUT2D eigenvalue weighted by Crippen LogP contribution is -2.44. The van der Waals surface area contributed by atoms with Crippen LogP contribution < -0.4 is 10.1 Å². The first-order chi connectivity index (χ1) is 13.1. The number of hydrogen-bond donors (Lipinski definition) is 3. The van der Waals surface area contributed by atoms with Gasteiger partial charge in [-0.05, 0) is 23.8 Å². The number of ether oxygens (including phenoxy) is 1. The van der Waals surface area contributed by atoms with Crippen molar-refractivity contribution in [3.8, 4) is 11.5 Å². The van der Waals surface area contributed by atoms with E-state index < -0.39 is 17.7 Å². The molecule has 1 aliphatic rings. The largest absolute Gasteiger partial charge is 0.508 e. The zero-order valence-corrected chi connectivity index (χ0v) is 15.7. The molecule has 28 heavy (non-hydrogen) atoms. The van der Waals surface area contributed by atoms with E-state index in [1.54, 1.807) is 0 Å². The molecule has 0 saturated heterocycles. The molecule has 150 valence electrons. The van der Waals surface area contributed by atoms with Crippen LogP contribution in [0.4, 0.5) is 14.5 Å². The highest BCUT2D eigenvalue weighted by Gasteiger charge is 2.28. The summed E-state index contributed by atoms with van der Waals surface area (Å²) in [6, 6.07) is 6.18. The van der Waals surface area contributed by atoms with Crippen LogP contribution in [0.1, 0.15) is 17.2 Å². The summed E-state index contributed by atoms with van der Waals surface area (Å²) < 4.78 is 32.5. The van der Waals surface area contributed by atoms with Gasteiger partial charge in [0, 0.05) is 24.1 Å². The Bertz CT molecular complexity index is 882. The minimum absolute atomic E-state index is 0.0980. The van der Waals surface area contributed by atoms with Crippen LogP contribution in [-0.4, -0.2) is 54.4 Å². The molecule has 0 fully saturated rings. The number of benzene rings is 2. The number of nitrogens with one attached hydrogen (secondary N) is 1. The van der Waals surface area contributed by atoms with E-state index in [4.69, 9.17) is 4.74 Å². The molecule has 2 aromatic rings. The monoisotopic (exact) mass is 393 g/mol. The summed E-state index contributed by atoms with van der Waals surface area (Å²) in [5.74, 6) is -1.34. The number of carbonyl (C=O) groups excluding carboxylic acids is 1. The molecule has 1 aliphatic heterocycles. The lowest BCUT2D eigenvalue weighted by molar-refractivity contribution is -0.893. The van der Waals surface area contributed by atoms with Gasteiger partial charge in [-0.2, -0.15) is 0 Å². The molecule has 0 radical (unpaired) electrons. The van der Waals surface area contributed by atoms with Crippen molar-refractivity contribution < 1.29 is 33.0 Å². The van der Waals surface area contributed by atoms with Gasteiger partial charge >= 0.3 is 0 Å². The third-order valence-electron chi connectivity index (χ3n) is 4.68. The van der Waals surface area contributed by atoms with Gasteiger partial charge in [0.1, 0.15) is 35.8 Å². The second-order valence-corrected chi connectivity index (χ2v) is 7.63. The molecule has 0 saturated carbocycles. The Morgan fingerprint density at radius 1 is 1.18 bits per heavy atom. The van der Waals surface area contributed by atoms with E-state index in [9.17, 15) is 23.8 Å². The van der Waals surface area contributed by atoms with E-state index in [0.717, 1.165) is 6.07 Å². The number of rotatable bonds is 6. The van der Waals surface area contributed by atoms with Crippen molar-refractivity contribution in [1.29, 1.82) is 0 Å². The topological polar surface area (TPSA) is 78.8 Å². The molecule has 0 spiro atoms. The molecule has 1 atom stereocenters. The van der Waals surface area contributed by atoms with Crippen LogP contribution in [0.5, 0.6) is 11.5 Å². The number of amides is 1. The van der Waals surface area contributed by atoms with Crippen LogP contribution in [0, 0.1) is 11.6 Å². The van der Waals surface area contributed by atoms with Crippen LogP contribution in [0.3, 0.4) is 0 Å². The first-order valence-electron chi connectivity index (χ1n) is 8.87. The molecule has 8 heteroatoms.